The third-order valence-corrected chi connectivity index (χ3v) is 3.96. The number of aromatic nitrogens is 2. The van der Waals surface area contributed by atoms with Gasteiger partial charge in [0.1, 0.15) is 12.4 Å². The van der Waals surface area contributed by atoms with Gasteiger partial charge in [0.2, 0.25) is 0 Å². The molecule has 2 aromatic rings. The summed E-state index contributed by atoms with van der Waals surface area (Å²) in [6.45, 7) is 2.87. The summed E-state index contributed by atoms with van der Waals surface area (Å²) in [4.78, 5) is 5.91. The molecule has 0 unspecified atom stereocenters. The number of rotatable bonds is 6. The molecule has 1 N–H and O–H groups in total. The second kappa shape index (κ2) is 8.79. The fourth-order valence-corrected chi connectivity index (χ4v) is 2.58. The van der Waals surface area contributed by atoms with E-state index in [1.54, 1.807) is 19.0 Å². The van der Waals surface area contributed by atoms with Crippen LogP contribution in [0.15, 0.2) is 35.5 Å². The van der Waals surface area contributed by atoms with Crippen LogP contribution >= 0.6 is 0 Å². The lowest BCUT2D eigenvalue weighted by molar-refractivity contribution is -0.142. The average molecular weight is 383 g/mol. The van der Waals surface area contributed by atoms with E-state index in [4.69, 9.17) is 4.74 Å². The van der Waals surface area contributed by atoms with Crippen LogP contribution in [0.1, 0.15) is 16.8 Å². The topological polar surface area (TPSA) is 54.7 Å². The Morgan fingerprint density at radius 2 is 2.04 bits per heavy atom. The normalized spacial score (nSPS) is 12.2. The van der Waals surface area contributed by atoms with E-state index in [1.807, 2.05) is 31.2 Å². The number of benzene rings is 1. The van der Waals surface area contributed by atoms with Gasteiger partial charge < -0.3 is 15.0 Å². The molecule has 0 aliphatic rings. The standard InChI is InChI=1S/C18H24F3N5O/c1-13-7-5-6-8-15(13)27-10-9-25(3)17(22-2)23-11-14-12-26(4)24-16(14)18(19,20)21/h5-8,12H,9-11H2,1-4H3,(H,22,23). The number of hydrogen-bond acceptors (Lipinski definition) is 3. The predicted octanol–water partition coefficient (Wildman–Crippen LogP) is 2.83. The van der Waals surface area contributed by atoms with Gasteiger partial charge in [-0.2, -0.15) is 18.3 Å². The van der Waals surface area contributed by atoms with Crippen molar-refractivity contribution in [2.45, 2.75) is 19.6 Å². The maximum Gasteiger partial charge on any atom is 0.435 e. The highest BCUT2D eigenvalue weighted by atomic mass is 19.4. The minimum atomic E-state index is -4.49. The highest BCUT2D eigenvalue weighted by Gasteiger charge is 2.36. The van der Waals surface area contributed by atoms with Crippen molar-refractivity contribution in [3.05, 3.63) is 47.3 Å². The van der Waals surface area contributed by atoms with Gasteiger partial charge in [0, 0.05) is 39.4 Å². The van der Waals surface area contributed by atoms with Gasteiger partial charge in [0.15, 0.2) is 11.7 Å². The largest absolute Gasteiger partial charge is 0.491 e. The molecule has 1 heterocycles. The van der Waals surface area contributed by atoms with E-state index < -0.39 is 11.9 Å². The molecule has 1 aromatic heterocycles. The Morgan fingerprint density at radius 3 is 2.67 bits per heavy atom. The Kier molecular flexibility index (Phi) is 6.70. The van der Waals surface area contributed by atoms with Crippen LogP contribution in [-0.2, 0) is 19.8 Å². The van der Waals surface area contributed by atoms with Crippen molar-refractivity contribution in [2.24, 2.45) is 12.0 Å². The van der Waals surface area contributed by atoms with Gasteiger partial charge in [-0.15, -0.1) is 0 Å². The number of aryl methyl sites for hydroxylation is 2. The number of hydrogen-bond donors (Lipinski definition) is 1. The molecule has 0 fully saturated rings. The van der Waals surface area contributed by atoms with Gasteiger partial charge in [0.05, 0.1) is 6.54 Å². The molecule has 1 aromatic carbocycles. The van der Waals surface area contributed by atoms with Crippen molar-refractivity contribution >= 4 is 5.96 Å². The molecule has 0 saturated carbocycles. The number of halogens is 3. The fraction of sp³-hybridized carbons (Fsp3) is 0.444. The quantitative estimate of drug-likeness (QED) is 0.616. The van der Waals surface area contributed by atoms with Crippen LogP contribution in [0.3, 0.4) is 0 Å². The van der Waals surface area contributed by atoms with Crippen molar-refractivity contribution in [2.75, 3.05) is 27.2 Å². The van der Waals surface area contributed by atoms with Crippen LogP contribution in [0, 0.1) is 6.92 Å². The summed E-state index contributed by atoms with van der Waals surface area (Å²) in [6.07, 6.45) is -3.14. The Labute approximate surface area is 156 Å². The fourth-order valence-electron chi connectivity index (χ4n) is 2.58. The molecule has 0 atom stereocenters. The first kappa shape index (κ1) is 20.6. The van der Waals surface area contributed by atoms with Crippen LogP contribution in [0.4, 0.5) is 13.2 Å². The molecular weight excluding hydrogens is 359 g/mol. The Hall–Kier alpha value is -2.71. The zero-order valence-electron chi connectivity index (χ0n) is 15.8. The van der Waals surface area contributed by atoms with Gasteiger partial charge >= 0.3 is 6.18 Å². The highest BCUT2D eigenvalue weighted by molar-refractivity contribution is 5.79. The van der Waals surface area contributed by atoms with Crippen molar-refractivity contribution in [3.8, 4) is 5.75 Å². The lowest BCUT2D eigenvalue weighted by Crippen LogP contribution is -2.40. The minimum Gasteiger partial charge on any atom is -0.491 e. The van der Waals surface area contributed by atoms with Gasteiger partial charge in [-0.1, -0.05) is 18.2 Å². The summed E-state index contributed by atoms with van der Waals surface area (Å²) in [5.41, 5.74) is 0.216. The molecule has 6 nitrogen and oxygen atoms in total. The highest BCUT2D eigenvalue weighted by Crippen LogP contribution is 2.30. The smallest absolute Gasteiger partial charge is 0.435 e. The van der Waals surface area contributed by atoms with Crippen LogP contribution in [0.25, 0.3) is 0 Å². The first-order valence-corrected chi connectivity index (χ1v) is 8.42. The van der Waals surface area contributed by atoms with Crippen LogP contribution in [-0.4, -0.2) is 47.9 Å². The monoisotopic (exact) mass is 383 g/mol. The SMILES string of the molecule is CN=C(NCc1cn(C)nc1C(F)(F)F)N(C)CCOc1ccccc1C. The molecule has 0 spiro atoms. The van der Waals surface area contributed by atoms with Crippen molar-refractivity contribution in [3.63, 3.8) is 0 Å². The minimum absolute atomic E-state index is 0.0294. The van der Waals surface area contributed by atoms with E-state index in [0.29, 0.717) is 19.1 Å². The van der Waals surface area contributed by atoms with E-state index in [-0.39, 0.29) is 12.1 Å². The van der Waals surface area contributed by atoms with E-state index in [2.05, 4.69) is 15.4 Å². The Morgan fingerprint density at radius 1 is 1.33 bits per heavy atom. The number of nitrogens with one attached hydrogen (secondary N) is 1. The van der Waals surface area contributed by atoms with Crippen molar-refractivity contribution in [1.82, 2.24) is 20.0 Å². The molecule has 0 aliphatic heterocycles. The number of aliphatic imine (C=N–C) groups is 1. The molecule has 0 bridgehead atoms. The summed E-state index contributed by atoms with van der Waals surface area (Å²) in [5, 5.41) is 6.44. The average Bonchev–Trinajstić information content (AvgIpc) is 2.98. The molecule has 0 radical (unpaired) electrons. The molecular formula is C18H24F3N5O. The Balaban J connectivity index is 1.91. The van der Waals surface area contributed by atoms with Gasteiger partial charge in [-0.3, -0.25) is 9.67 Å². The van der Waals surface area contributed by atoms with E-state index in [9.17, 15) is 13.2 Å². The summed E-state index contributed by atoms with van der Waals surface area (Å²) < 4.78 is 46.0. The zero-order valence-corrected chi connectivity index (χ0v) is 15.8. The van der Waals surface area contributed by atoms with Gasteiger partial charge in [-0.25, -0.2) is 0 Å². The first-order valence-electron chi connectivity index (χ1n) is 8.42. The van der Waals surface area contributed by atoms with Crippen LogP contribution < -0.4 is 10.1 Å². The zero-order chi connectivity index (χ0) is 20.0. The molecule has 2 rings (SSSR count). The summed E-state index contributed by atoms with van der Waals surface area (Å²) in [7, 11) is 4.84. The predicted molar refractivity (Wildman–Crippen MR) is 97.7 cm³/mol. The molecule has 0 amide bonds. The summed E-state index contributed by atoms with van der Waals surface area (Å²) >= 11 is 0. The number of ether oxygens (including phenoxy) is 1. The van der Waals surface area contributed by atoms with E-state index in [0.717, 1.165) is 16.0 Å². The third kappa shape index (κ3) is 5.63. The molecule has 0 saturated heterocycles. The Bertz CT molecular complexity index is 786. The van der Waals surface area contributed by atoms with Crippen LogP contribution in [0.2, 0.25) is 0 Å². The van der Waals surface area contributed by atoms with E-state index in [1.165, 1.54) is 13.2 Å². The van der Waals surface area contributed by atoms with Gasteiger partial charge in [0.25, 0.3) is 0 Å². The summed E-state index contributed by atoms with van der Waals surface area (Å²) in [5.74, 6) is 1.28. The maximum atomic E-state index is 13.0. The second-order valence-electron chi connectivity index (χ2n) is 6.11. The molecule has 27 heavy (non-hydrogen) atoms. The number of para-hydroxylation sites is 1. The number of guanidine groups is 1. The molecule has 0 aliphatic carbocycles. The molecule has 9 heteroatoms. The number of likely N-dealkylation sites (N-methyl/N-ethyl adjacent to an activating group) is 1. The van der Waals surface area contributed by atoms with Crippen molar-refractivity contribution < 1.29 is 17.9 Å². The lowest BCUT2D eigenvalue weighted by Gasteiger charge is -2.22. The second-order valence-corrected chi connectivity index (χ2v) is 6.11. The lowest BCUT2D eigenvalue weighted by atomic mass is 10.2. The number of nitrogens with zero attached hydrogens (tertiary/aromatic N) is 4. The van der Waals surface area contributed by atoms with Crippen molar-refractivity contribution in [1.29, 1.82) is 0 Å². The number of alkyl halides is 3. The van der Waals surface area contributed by atoms with E-state index >= 15 is 0 Å². The van der Waals surface area contributed by atoms with Crippen LogP contribution in [0.5, 0.6) is 5.75 Å². The third-order valence-electron chi connectivity index (χ3n) is 3.96. The first-order chi connectivity index (χ1) is 12.7. The molecule has 148 valence electrons. The maximum absolute atomic E-state index is 13.0. The summed E-state index contributed by atoms with van der Waals surface area (Å²) in [6, 6.07) is 7.70. The van der Waals surface area contributed by atoms with Gasteiger partial charge in [-0.05, 0) is 18.6 Å².